The molecule has 0 aromatic carbocycles. The van der Waals surface area contributed by atoms with Crippen LogP contribution in [0.2, 0.25) is 5.15 Å². The standard InChI is InChI=1S/C10H11ClN6/c11-9-4-12-8(3-13-9)5-16-1-2-17-7-14-15-10(17)6-16/h3-4,7H,1-2,5-6H2. The van der Waals surface area contributed by atoms with E-state index in [1.54, 1.807) is 18.7 Å². The van der Waals surface area contributed by atoms with Gasteiger partial charge < -0.3 is 4.57 Å². The first kappa shape index (κ1) is 10.6. The lowest BCUT2D eigenvalue weighted by Gasteiger charge is -2.26. The number of nitrogens with zero attached hydrogens (tertiary/aromatic N) is 6. The van der Waals surface area contributed by atoms with Crippen LogP contribution in [0, 0.1) is 0 Å². The van der Waals surface area contributed by atoms with Gasteiger partial charge in [-0.2, -0.15) is 0 Å². The molecule has 0 radical (unpaired) electrons. The molecule has 2 aromatic rings. The van der Waals surface area contributed by atoms with E-state index in [-0.39, 0.29) is 0 Å². The third-order valence-corrected chi connectivity index (χ3v) is 2.97. The van der Waals surface area contributed by atoms with Crippen LogP contribution in [-0.4, -0.2) is 36.2 Å². The van der Waals surface area contributed by atoms with Gasteiger partial charge in [0.15, 0.2) is 0 Å². The maximum Gasteiger partial charge on any atom is 0.147 e. The van der Waals surface area contributed by atoms with Crippen molar-refractivity contribution in [2.24, 2.45) is 0 Å². The molecule has 0 spiro atoms. The highest BCUT2D eigenvalue weighted by atomic mass is 35.5. The fourth-order valence-corrected chi connectivity index (χ4v) is 2.00. The van der Waals surface area contributed by atoms with Gasteiger partial charge in [0, 0.05) is 19.6 Å². The average molecular weight is 251 g/mol. The Bertz CT molecular complexity index is 508. The van der Waals surface area contributed by atoms with Gasteiger partial charge in [-0.1, -0.05) is 11.6 Å². The molecular weight excluding hydrogens is 240 g/mol. The van der Waals surface area contributed by atoms with Crippen LogP contribution in [0.4, 0.5) is 0 Å². The summed E-state index contributed by atoms with van der Waals surface area (Å²) < 4.78 is 2.07. The van der Waals surface area contributed by atoms with E-state index < -0.39 is 0 Å². The molecule has 0 unspecified atom stereocenters. The van der Waals surface area contributed by atoms with Crippen molar-refractivity contribution in [3.63, 3.8) is 0 Å². The second kappa shape index (κ2) is 4.38. The van der Waals surface area contributed by atoms with Gasteiger partial charge in [0.05, 0.1) is 24.6 Å². The number of fused-ring (bicyclic) bond motifs is 1. The molecule has 0 fully saturated rings. The molecule has 7 heteroatoms. The molecule has 1 aliphatic heterocycles. The van der Waals surface area contributed by atoms with Crippen molar-refractivity contribution < 1.29 is 0 Å². The minimum atomic E-state index is 0.423. The van der Waals surface area contributed by atoms with Gasteiger partial charge in [0.25, 0.3) is 0 Å². The summed E-state index contributed by atoms with van der Waals surface area (Å²) in [7, 11) is 0. The predicted molar refractivity (Wildman–Crippen MR) is 61.2 cm³/mol. The maximum absolute atomic E-state index is 5.70. The third kappa shape index (κ3) is 2.27. The quantitative estimate of drug-likeness (QED) is 0.787. The highest BCUT2D eigenvalue weighted by molar-refractivity contribution is 6.29. The molecule has 0 saturated carbocycles. The number of aromatic nitrogens is 5. The van der Waals surface area contributed by atoms with Crippen LogP contribution in [0.5, 0.6) is 0 Å². The van der Waals surface area contributed by atoms with Gasteiger partial charge in [-0.15, -0.1) is 10.2 Å². The zero-order valence-corrected chi connectivity index (χ0v) is 9.88. The minimum absolute atomic E-state index is 0.423. The lowest BCUT2D eigenvalue weighted by atomic mass is 10.3. The van der Waals surface area contributed by atoms with Crippen molar-refractivity contribution in [1.29, 1.82) is 0 Å². The first-order chi connectivity index (χ1) is 8.31. The van der Waals surface area contributed by atoms with E-state index in [9.17, 15) is 0 Å². The SMILES string of the molecule is Clc1cnc(CN2CCn3cnnc3C2)cn1. The van der Waals surface area contributed by atoms with Crippen molar-refractivity contribution in [3.8, 4) is 0 Å². The topological polar surface area (TPSA) is 59.7 Å². The Morgan fingerprint density at radius 1 is 1.24 bits per heavy atom. The Balaban J connectivity index is 1.69. The first-order valence-corrected chi connectivity index (χ1v) is 5.74. The monoisotopic (exact) mass is 250 g/mol. The summed E-state index contributed by atoms with van der Waals surface area (Å²) in [6.07, 6.45) is 5.06. The number of hydrogen-bond donors (Lipinski definition) is 0. The van der Waals surface area contributed by atoms with Crippen molar-refractivity contribution >= 4 is 11.6 Å². The Kier molecular flexibility index (Phi) is 2.74. The van der Waals surface area contributed by atoms with E-state index in [2.05, 4.69) is 29.6 Å². The summed E-state index contributed by atoms with van der Waals surface area (Å²) in [5, 5.41) is 8.40. The van der Waals surface area contributed by atoms with Crippen LogP contribution in [0.3, 0.4) is 0 Å². The second-order valence-corrected chi connectivity index (χ2v) is 4.37. The van der Waals surface area contributed by atoms with E-state index in [0.717, 1.165) is 37.7 Å². The Morgan fingerprint density at radius 2 is 2.18 bits per heavy atom. The Morgan fingerprint density at radius 3 is 3.00 bits per heavy atom. The summed E-state index contributed by atoms with van der Waals surface area (Å²) in [5.74, 6) is 0.998. The molecule has 2 aromatic heterocycles. The molecule has 1 aliphatic rings. The van der Waals surface area contributed by atoms with Gasteiger partial charge in [-0.3, -0.25) is 9.88 Å². The number of hydrogen-bond acceptors (Lipinski definition) is 5. The van der Waals surface area contributed by atoms with Gasteiger partial charge in [0.1, 0.15) is 17.3 Å². The van der Waals surface area contributed by atoms with E-state index >= 15 is 0 Å². The van der Waals surface area contributed by atoms with Crippen LogP contribution in [-0.2, 0) is 19.6 Å². The molecule has 0 N–H and O–H groups in total. The molecule has 0 amide bonds. The summed E-state index contributed by atoms with van der Waals surface area (Å²) in [6.45, 7) is 3.44. The van der Waals surface area contributed by atoms with Crippen LogP contribution >= 0.6 is 11.6 Å². The van der Waals surface area contributed by atoms with Crippen molar-refractivity contribution in [2.45, 2.75) is 19.6 Å². The van der Waals surface area contributed by atoms with E-state index in [4.69, 9.17) is 11.6 Å². The molecule has 0 aliphatic carbocycles. The lowest BCUT2D eigenvalue weighted by molar-refractivity contribution is 0.206. The molecular formula is C10H11ClN6. The molecule has 0 saturated heterocycles. The minimum Gasteiger partial charge on any atom is -0.315 e. The summed E-state index contributed by atoms with van der Waals surface area (Å²) in [5.41, 5.74) is 0.919. The highest BCUT2D eigenvalue weighted by Crippen LogP contribution is 2.12. The normalized spacial score (nSPS) is 15.8. The smallest absolute Gasteiger partial charge is 0.147 e. The van der Waals surface area contributed by atoms with E-state index in [1.165, 1.54) is 0 Å². The maximum atomic E-state index is 5.70. The molecule has 3 rings (SSSR count). The molecule has 0 atom stereocenters. The van der Waals surface area contributed by atoms with Gasteiger partial charge in [0.2, 0.25) is 0 Å². The fraction of sp³-hybridized carbons (Fsp3) is 0.400. The molecule has 88 valence electrons. The van der Waals surface area contributed by atoms with Crippen LogP contribution in [0.15, 0.2) is 18.7 Å². The molecule has 0 bridgehead atoms. The highest BCUT2D eigenvalue weighted by Gasteiger charge is 2.17. The predicted octanol–water partition coefficient (Wildman–Crippen LogP) is 0.737. The summed E-state index contributed by atoms with van der Waals surface area (Å²) in [4.78, 5) is 10.5. The Hall–Kier alpha value is -1.53. The largest absolute Gasteiger partial charge is 0.315 e. The first-order valence-electron chi connectivity index (χ1n) is 5.37. The van der Waals surface area contributed by atoms with Crippen molar-refractivity contribution in [2.75, 3.05) is 6.54 Å². The van der Waals surface area contributed by atoms with Crippen molar-refractivity contribution in [1.82, 2.24) is 29.6 Å². The summed E-state index contributed by atoms with van der Waals surface area (Å²) in [6, 6.07) is 0. The zero-order chi connectivity index (χ0) is 11.7. The zero-order valence-electron chi connectivity index (χ0n) is 9.12. The fourth-order valence-electron chi connectivity index (χ4n) is 1.90. The van der Waals surface area contributed by atoms with Crippen LogP contribution in [0.25, 0.3) is 0 Å². The Labute approximate surface area is 103 Å². The average Bonchev–Trinajstić information content (AvgIpc) is 2.79. The number of halogens is 1. The van der Waals surface area contributed by atoms with Crippen molar-refractivity contribution in [3.05, 3.63) is 35.4 Å². The second-order valence-electron chi connectivity index (χ2n) is 3.98. The summed E-state index contributed by atoms with van der Waals surface area (Å²) >= 11 is 5.70. The van der Waals surface area contributed by atoms with E-state index in [0.29, 0.717) is 5.15 Å². The molecule has 17 heavy (non-hydrogen) atoms. The molecule has 3 heterocycles. The van der Waals surface area contributed by atoms with Crippen LogP contribution < -0.4 is 0 Å². The van der Waals surface area contributed by atoms with E-state index in [1.807, 2.05) is 0 Å². The van der Waals surface area contributed by atoms with Gasteiger partial charge in [-0.25, -0.2) is 4.98 Å². The van der Waals surface area contributed by atoms with Gasteiger partial charge in [-0.05, 0) is 0 Å². The number of rotatable bonds is 2. The van der Waals surface area contributed by atoms with Gasteiger partial charge >= 0.3 is 0 Å². The third-order valence-electron chi connectivity index (χ3n) is 2.78. The lowest BCUT2D eigenvalue weighted by Crippen LogP contribution is -2.33. The van der Waals surface area contributed by atoms with Crippen LogP contribution in [0.1, 0.15) is 11.5 Å². The molecule has 6 nitrogen and oxygen atoms in total.